The van der Waals surface area contributed by atoms with Crippen LogP contribution in [0.2, 0.25) is 0 Å². The number of nitrogens with two attached hydrogens (primary N) is 1. The van der Waals surface area contributed by atoms with Gasteiger partial charge in [0, 0.05) is 25.2 Å². The lowest BCUT2D eigenvalue weighted by atomic mass is 10.1. The lowest BCUT2D eigenvalue weighted by molar-refractivity contribution is -0.134. The second-order valence-electron chi connectivity index (χ2n) is 4.76. The lowest BCUT2D eigenvalue weighted by Gasteiger charge is -2.20. The summed E-state index contributed by atoms with van der Waals surface area (Å²) in [7, 11) is 0. The number of benzene rings is 1. The highest BCUT2D eigenvalue weighted by Crippen LogP contribution is 2.19. The number of hydrogen-bond acceptors (Lipinski definition) is 3. The van der Waals surface area contributed by atoms with Gasteiger partial charge < -0.3 is 16.0 Å². The van der Waals surface area contributed by atoms with Crippen LogP contribution in [0.3, 0.4) is 0 Å². The fourth-order valence-electron chi connectivity index (χ4n) is 2.02. The molecule has 110 valence electrons. The molecule has 0 saturated heterocycles. The number of rotatable bonds is 6. The molecule has 20 heavy (non-hydrogen) atoms. The van der Waals surface area contributed by atoms with Gasteiger partial charge in [-0.2, -0.15) is 0 Å². The third-order valence-corrected chi connectivity index (χ3v) is 3.17. The summed E-state index contributed by atoms with van der Waals surface area (Å²) >= 11 is 0. The van der Waals surface area contributed by atoms with Crippen molar-refractivity contribution in [3.05, 3.63) is 29.3 Å². The molecule has 2 amide bonds. The molecular weight excluding hydrogens is 254 g/mol. The normalized spacial score (nSPS) is 10.2. The first-order chi connectivity index (χ1) is 9.49. The topological polar surface area (TPSA) is 75.4 Å². The summed E-state index contributed by atoms with van der Waals surface area (Å²) < 4.78 is 0. The quantitative estimate of drug-likeness (QED) is 0.826. The van der Waals surface area contributed by atoms with Gasteiger partial charge in [0.05, 0.1) is 6.54 Å². The molecule has 0 aliphatic heterocycles. The Labute approximate surface area is 120 Å². The predicted molar refractivity (Wildman–Crippen MR) is 80.5 cm³/mol. The van der Waals surface area contributed by atoms with Gasteiger partial charge in [-0.25, -0.2) is 0 Å². The van der Waals surface area contributed by atoms with Gasteiger partial charge in [0.1, 0.15) is 0 Å². The van der Waals surface area contributed by atoms with Crippen molar-refractivity contribution in [2.24, 2.45) is 5.73 Å². The van der Waals surface area contributed by atoms with Crippen molar-refractivity contribution in [3.8, 4) is 0 Å². The number of carbonyl (C=O) groups is 2. The molecule has 0 fully saturated rings. The van der Waals surface area contributed by atoms with Crippen LogP contribution in [0.1, 0.15) is 24.5 Å². The Morgan fingerprint density at radius 2 is 1.85 bits per heavy atom. The van der Waals surface area contributed by atoms with Gasteiger partial charge in [-0.3, -0.25) is 9.59 Å². The summed E-state index contributed by atoms with van der Waals surface area (Å²) in [4.78, 5) is 25.3. The molecular formula is C15H23N3O2. The minimum Gasteiger partial charge on any atom is -0.334 e. The SMILES string of the molecule is CCN(CC(=O)Nc1c(C)cccc1C)C(=O)CCN. The molecule has 0 saturated carbocycles. The Morgan fingerprint density at radius 3 is 2.35 bits per heavy atom. The van der Waals surface area contributed by atoms with Gasteiger partial charge in [0.25, 0.3) is 0 Å². The summed E-state index contributed by atoms with van der Waals surface area (Å²) in [6, 6.07) is 5.84. The van der Waals surface area contributed by atoms with Gasteiger partial charge in [0.2, 0.25) is 11.8 Å². The number of likely N-dealkylation sites (N-methyl/N-ethyl adjacent to an activating group) is 1. The number of aryl methyl sites for hydroxylation is 2. The highest BCUT2D eigenvalue weighted by Gasteiger charge is 2.15. The minimum atomic E-state index is -0.186. The molecule has 1 aromatic rings. The van der Waals surface area contributed by atoms with E-state index >= 15 is 0 Å². The van der Waals surface area contributed by atoms with Crippen molar-refractivity contribution in [1.29, 1.82) is 0 Å². The number of nitrogens with zero attached hydrogens (tertiary/aromatic N) is 1. The van der Waals surface area contributed by atoms with E-state index in [0.717, 1.165) is 16.8 Å². The summed E-state index contributed by atoms with van der Waals surface area (Å²) in [6.45, 7) is 6.59. The van der Waals surface area contributed by atoms with E-state index in [4.69, 9.17) is 5.73 Å². The van der Waals surface area contributed by atoms with Crippen molar-refractivity contribution in [2.45, 2.75) is 27.2 Å². The second-order valence-corrected chi connectivity index (χ2v) is 4.76. The fourth-order valence-corrected chi connectivity index (χ4v) is 2.02. The Balaban J connectivity index is 2.69. The van der Waals surface area contributed by atoms with Crippen molar-refractivity contribution in [1.82, 2.24) is 4.90 Å². The summed E-state index contributed by atoms with van der Waals surface area (Å²) in [5.74, 6) is -0.277. The highest BCUT2D eigenvalue weighted by molar-refractivity contribution is 5.95. The average Bonchev–Trinajstić information content (AvgIpc) is 2.40. The van der Waals surface area contributed by atoms with Crippen molar-refractivity contribution < 1.29 is 9.59 Å². The minimum absolute atomic E-state index is 0.0586. The van der Waals surface area contributed by atoms with E-state index in [0.29, 0.717) is 13.1 Å². The number of amides is 2. The molecule has 0 aliphatic rings. The maximum absolute atomic E-state index is 12.1. The molecule has 0 bridgehead atoms. The first kappa shape index (κ1) is 16.2. The summed E-state index contributed by atoms with van der Waals surface area (Å²) in [5.41, 5.74) is 8.21. The first-order valence-corrected chi connectivity index (χ1v) is 6.83. The summed E-state index contributed by atoms with van der Waals surface area (Å²) in [6.07, 6.45) is 0.268. The summed E-state index contributed by atoms with van der Waals surface area (Å²) in [5, 5.41) is 2.88. The van der Waals surface area contributed by atoms with Gasteiger partial charge in [-0.05, 0) is 31.9 Å². The van der Waals surface area contributed by atoms with Crippen LogP contribution in [0.25, 0.3) is 0 Å². The van der Waals surface area contributed by atoms with Crippen LogP contribution in [-0.2, 0) is 9.59 Å². The Hall–Kier alpha value is -1.88. The van der Waals surface area contributed by atoms with E-state index in [1.54, 1.807) is 0 Å². The van der Waals surface area contributed by atoms with Crippen molar-refractivity contribution in [3.63, 3.8) is 0 Å². The largest absolute Gasteiger partial charge is 0.334 e. The van der Waals surface area contributed by atoms with Crippen LogP contribution < -0.4 is 11.1 Å². The molecule has 0 aliphatic carbocycles. The number of carbonyl (C=O) groups excluding carboxylic acids is 2. The molecule has 0 aromatic heterocycles. The van der Waals surface area contributed by atoms with E-state index in [9.17, 15) is 9.59 Å². The second kappa shape index (κ2) is 7.65. The standard InChI is InChI=1S/C15H23N3O2/c1-4-18(14(20)8-9-16)10-13(19)17-15-11(2)6-5-7-12(15)3/h5-7H,4,8-10,16H2,1-3H3,(H,17,19). The average molecular weight is 277 g/mol. The maximum atomic E-state index is 12.1. The van der Waals surface area contributed by atoms with E-state index in [-0.39, 0.29) is 24.8 Å². The molecule has 1 rings (SSSR count). The molecule has 5 nitrogen and oxygen atoms in total. The van der Waals surface area contributed by atoms with E-state index in [1.807, 2.05) is 39.0 Å². The van der Waals surface area contributed by atoms with Crippen LogP contribution in [-0.4, -0.2) is 36.3 Å². The van der Waals surface area contributed by atoms with Crippen LogP contribution in [0.15, 0.2) is 18.2 Å². The van der Waals surface area contributed by atoms with Gasteiger partial charge in [-0.1, -0.05) is 18.2 Å². The first-order valence-electron chi connectivity index (χ1n) is 6.83. The molecule has 0 unspecified atom stereocenters. The Kier molecular flexibility index (Phi) is 6.18. The number of nitrogens with one attached hydrogen (secondary N) is 1. The highest BCUT2D eigenvalue weighted by atomic mass is 16.2. The molecule has 0 atom stereocenters. The molecule has 0 heterocycles. The smallest absolute Gasteiger partial charge is 0.244 e. The zero-order valence-corrected chi connectivity index (χ0v) is 12.4. The van der Waals surface area contributed by atoms with Crippen molar-refractivity contribution in [2.75, 3.05) is 25.0 Å². The molecule has 0 spiro atoms. The molecule has 1 aromatic carbocycles. The van der Waals surface area contributed by atoms with Gasteiger partial charge in [0.15, 0.2) is 0 Å². The number of anilines is 1. The van der Waals surface area contributed by atoms with Crippen molar-refractivity contribution >= 4 is 17.5 Å². The van der Waals surface area contributed by atoms with E-state index < -0.39 is 0 Å². The van der Waals surface area contributed by atoms with Crippen LogP contribution in [0.4, 0.5) is 5.69 Å². The van der Waals surface area contributed by atoms with Crippen LogP contribution in [0.5, 0.6) is 0 Å². The fraction of sp³-hybridized carbons (Fsp3) is 0.467. The molecule has 3 N–H and O–H groups in total. The zero-order chi connectivity index (χ0) is 15.1. The number of para-hydroxylation sites is 1. The monoisotopic (exact) mass is 277 g/mol. The van der Waals surface area contributed by atoms with E-state index in [2.05, 4.69) is 5.32 Å². The Bertz CT molecular complexity index is 466. The molecule has 5 heteroatoms. The number of hydrogen-bond donors (Lipinski definition) is 2. The third-order valence-electron chi connectivity index (χ3n) is 3.17. The molecule has 0 radical (unpaired) electrons. The zero-order valence-electron chi connectivity index (χ0n) is 12.4. The predicted octanol–water partition coefficient (Wildman–Crippen LogP) is 1.44. The van der Waals surface area contributed by atoms with Gasteiger partial charge in [-0.15, -0.1) is 0 Å². The van der Waals surface area contributed by atoms with Crippen LogP contribution in [0, 0.1) is 13.8 Å². The maximum Gasteiger partial charge on any atom is 0.244 e. The lowest BCUT2D eigenvalue weighted by Crippen LogP contribution is -2.38. The third kappa shape index (κ3) is 4.35. The Morgan fingerprint density at radius 1 is 1.25 bits per heavy atom. The van der Waals surface area contributed by atoms with E-state index in [1.165, 1.54) is 4.90 Å². The van der Waals surface area contributed by atoms with Gasteiger partial charge >= 0.3 is 0 Å². The van der Waals surface area contributed by atoms with Crippen LogP contribution >= 0.6 is 0 Å².